The van der Waals surface area contributed by atoms with Gasteiger partial charge >= 0.3 is 6.36 Å². The van der Waals surface area contributed by atoms with E-state index in [1.54, 1.807) is 11.3 Å². The first-order valence-electron chi connectivity index (χ1n) is 7.47. The Morgan fingerprint density at radius 3 is 2.58 bits per heavy atom. The Labute approximate surface area is 155 Å². The Balaban J connectivity index is 1.50. The summed E-state index contributed by atoms with van der Waals surface area (Å²) in [5.74, 6) is -0.501. The number of hydrogen-bond donors (Lipinski definition) is 1. The van der Waals surface area contributed by atoms with Crippen LogP contribution in [0.2, 0.25) is 0 Å². The van der Waals surface area contributed by atoms with E-state index < -0.39 is 6.36 Å². The summed E-state index contributed by atoms with van der Waals surface area (Å²) in [6, 6.07) is 7.34. The van der Waals surface area contributed by atoms with Crippen LogP contribution in [-0.2, 0) is 17.8 Å². The Hall–Kier alpha value is -2.39. The van der Waals surface area contributed by atoms with Crippen LogP contribution in [0.3, 0.4) is 0 Å². The van der Waals surface area contributed by atoms with Crippen molar-refractivity contribution in [3.63, 3.8) is 0 Å². The first-order chi connectivity index (χ1) is 12.4. The van der Waals surface area contributed by atoms with E-state index in [1.165, 1.54) is 35.6 Å². The summed E-state index contributed by atoms with van der Waals surface area (Å²) in [6.45, 7) is 0.215. The van der Waals surface area contributed by atoms with E-state index in [2.05, 4.69) is 15.0 Å². The van der Waals surface area contributed by atoms with E-state index in [0.29, 0.717) is 11.3 Å². The highest BCUT2D eigenvalue weighted by molar-refractivity contribution is 7.14. The average molecular weight is 398 g/mol. The lowest BCUT2D eigenvalue weighted by Crippen LogP contribution is -2.24. The molecule has 3 aromatic rings. The third kappa shape index (κ3) is 5.30. The lowest BCUT2D eigenvalue weighted by atomic mass is 10.2. The number of amides is 1. The van der Waals surface area contributed by atoms with Gasteiger partial charge in [-0.3, -0.25) is 4.79 Å². The van der Waals surface area contributed by atoms with Gasteiger partial charge in [0, 0.05) is 22.9 Å². The van der Waals surface area contributed by atoms with E-state index in [1.807, 2.05) is 22.2 Å². The second kappa shape index (κ2) is 7.88. The van der Waals surface area contributed by atoms with Crippen LogP contribution in [0.25, 0.3) is 10.6 Å². The number of nitrogens with one attached hydrogen (secondary N) is 1. The van der Waals surface area contributed by atoms with E-state index in [9.17, 15) is 18.0 Å². The van der Waals surface area contributed by atoms with Gasteiger partial charge in [-0.15, -0.1) is 24.5 Å². The number of halogens is 3. The molecule has 0 aliphatic rings. The number of aromatic nitrogens is 1. The Morgan fingerprint density at radius 2 is 1.92 bits per heavy atom. The van der Waals surface area contributed by atoms with Gasteiger partial charge in [-0.05, 0) is 29.1 Å². The number of alkyl halides is 3. The van der Waals surface area contributed by atoms with Gasteiger partial charge in [-0.2, -0.15) is 11.3 Å². The molecule has 136 valence electrons. The fraction of sp³-hybridized carbons (Fsp3) is 0.176. The normalized spacial score (nSPS) is 11.3. The molecule has 0 unspecified atom stereocenters. The predicted octanol–water partition coefficient (Wildman–Crippen LogP) is 4.63. The lowest BCUT2D eigenvalue weighted by molar-refractivity contribution is -0.274. The molecular formula is C17H13F3N2O2S2. The zero-order valence-corrected chi connectivity index (χ0v) is 14.9. The van der Waals surface area contributed by atoms with E-state index in [4.69, 9.17) is 0 Å². The van der Waals surface area contributed by atoms with Crippen molar-refractivity contribution >= 4 is 28.6 Å². The van der Waals surface area contributed by atoms with Crippen molar-refractivity contribution in [2.45, 2.75) is 19.3 Å². The molecule has 0 bridgehead atoms. The summed E-state index contributed by atoms with van der Waals surface area (Å²) in [4.78, 5) is 16.5. The third-order valence-corrected chi connectivity index (χ3v) is 4.93. The zero-order chi connectivity index (χ0) is 18.6. The summed E-state index contributed by atoms with van der Waals surface area (Å²) in [6.07, 6.45) is -4.57. The van der Waals surface area contributed by atoms with Crippen LogP contribution in [-0.4, -0.2) is 17.3 Å². The molecule has 0 spiro atoms. The van der Waals surface area contributed by atoms with Crippen molar-refractivity contribution in [3.8, 4) is 16.3 Å². The topological polar surface area (TPSA) is 51.2 Å². The summed E-state index contributed by atoms with van der Waals surface area (Å²) in [7, 11) is 0. The van der Waals surface area contributed by atoms with Crippen LogP contribution in [0.5, 0.6) is 5.75 Å². The van der Waals surface area contributed by atoms with Gasteiger partial charge in [-0.25, -0.2) is 4.98 Å². The molecule has 2 heterocycles. The van der Waals surface area contributed by atoms with Crippen molar-refractivity contribution in [1.29, 1.82) is 0 Å². The van der Waals surface area contributed by atoms with Crippen LogP contribution in [0.1, 0.15) is 11.3 Å². The quantitative estimate of drug-likeness (QED) is 0.659. The van der Waals surface area contributed by atoms with Crippen LogP contribution < -0.4 is 10.1 Å². The highest BCUT2D eigenvalue weighted by atomic mass is 32.1. The minimum atomic E-state index is -4.72. The van der Waals surface area contributed by atoms with E-state index in [-0.39, 0.29) is 24.6 Å². The zero-order valence-electron chi connectivity index (χ0n) is 13.2. The summed E-state index contributed by atoms with van der Waals surface area (Å²) >= 11 is 3.06. The van der Waals surface area contributed by atoms with Gasteiger partial charge in [0.1, 0.15) is 10.8 Å². The van der Waals surface area contributed by atoms with E-state index >= 15 is 0 Å². The maximum Gasteiger partial charge on any atom is 0.573 e. The maximum atomic E-state index is 12.1. The molecule has 0 fully saturated rings. The molecule has 0 saturated heterocycles. The monoisotopic (exact) mass is 398 g/mol. The van der Waals surface area contributed by atoms with Crippen LogP contribution in [0, 0.1) is 0 Å². The highest BCUT2D eigenvalue weighted by Gasteiger charge is 2.30. The maximum absolute atomic E-state index is 12.1. The molecule has 0 aliphatic heterocycles. The van der Waals surface area contributed by atoms with Gasteiger partial charge < -0.3 is 10.1 Å². The number of thiophene rings is 1. The average Bonchev–Trinajstić information content (AvgIpc) is 3.24. The molecule has 1 aromatic carbocycles. The fourth-order valence-electron chi connectivity index (χ4n) is 2.14. The number of ether oxygens (including phenoxy) is 1. The first kappa shape index (κ1) is 18.4. The highest BCUT2D eigenvalue weighted by Crippen LogP contribution is 2.26. The van der Waals surface area contributed by atoms with Gasteiger partial charge in [0.15, 0.2) is 0 Å². The largest absolute Gasteiger partial charge is 0.573 e. The number of benzene rings is 1. The molecule has 0 aliphatic carbocycles. The van der Waals surface area contributed by atoms with Crippen molar-refractivity contribution in [2.24, 2.45) is 0 Å². The predicted molar refractivity (Wildman–Crippen MR) is 94.1 cm³/mol. The van der Waals surface area contributed by atoms with Gasteiger partial charge in [0.05, 0.1) is 12.1 Å². The smallest absolute Gasteiger partial charge is 0.406 e. The SMILES string of the molecule is O=C(Cc1csc(-c2ccsc2)n1)NCc1ccc(OC(F)(F)F)cc1. The van der Waals surface area contributed by atoms with Crippen molar-refractivity contribution < 1.29 is 22.7 Å². The molecule has 26 heavy (non-hydrogen) atoms. The van der Waals surface area contributed by atoms with E-state index in [0.717, 1.165) is 10.6 Å². The summed E-state index contributed by atoms with van der Waals surface area (Å²) in [5.41, 5.74) is 2.39. The molecule has 4 nitrogen and oxygen atoms in total. The van der Waals surface area contributed by atoms with Crippen LogP contribution in [0.4, 0.5) is 13.2 Å². The number of thiazole rings is 1. The number of rotatable bonds is 6. The fourth-order valence-corrected chi connectivity index (χ4v) is 3.68. The Morgan fingerprint density at radius 1 is 1.15 bits per heavy atom. The molecule has 9 heteroatoms. The second-order valence-electron chi connectivity index (χ2n) is 5.30. The number of carbonyl (C=O) groups is 1. The standard InChI is InChI=1S/C17H13F3N2O2S2/c18-17(19,20)24-14-3-1-11(2-4-14)8-21-15(23)7-13-10-26-16(22-13)12-5-6-25-9-12/h1-6,9-10H,7-8H2,(H,21,23). The van der Waals surface area contributed by atoms with Gasteiger partial charge in [-0.1, -0.05) is 12.1 Å². The molecule has 1 N–H and O–H groups in total. The molecule has 1 amide bonds. The number of nitrogens with zero attached hydrogens (tertiary/aromatic N) is 1. The molecular weight excluding hydrogens is 385 g/mol. The van der Waals surface area contributed by atoms with Gasteiger partial charge in [0.25, 0.3) is 0 Å². The van der Waals surface area contributed by atoms with Crippen molar-refractivity contribution in [2.75, 3.05) is 0 Å². The summed E-state index contributed by atoms with van der Waals surface area (Å²) < 4.78 is 40.1. The van der Waals surface area contributed by atoms with Crippen LogP contribution in [0.15, 0.2) is 46.5 Å². The number of hydrogen-bond acceptors (Lipinski definition) is 5. The molecule has 2 aromatic heterocycles. The molecule has 0 radical (unpaired) electrons. The minimum absolute atomic E-state index is 0.149. The van der Waals surface area contributed by atoms with Crippen LogP contribution >= 0.6 is 22.7 Å². The Bertz CT molecular complexity index is 859. The lowest BCUT2D eigenvalue weighted by Gasteiger charge is -2.09. The van der Waals surface area contributed by atoms with Crippen molar-refractivity contribution in [1.82, 2.24) is 10.3 Å². The van der Waals surface area contributed by atoms with Crippen molar-refractivity contribution in [3.05, 3.63) is 57.7 Å². The number of carbonyl (C=O) groups excluding carboxylic acids is 1. The first-order valence-corrected chi connectivity index (χ1v) is 9.30. The molecule has 3 rings (SSSR count). The molecule has 0 atom stereocenters. The second-order valence-corrected chi connectivity index (χ2v) is 6.94. The molecule has 0 saturated carbocycles. The summed E-state index contributed by atoms with van der Waals surface area (Å²) in [5, 5.41) is 9.40. The Kier molecular flexibility index (Phi) is 5.58. The van der Waals surface area contributed by atoms with Gasteiger partial charge in [0.2, 0.25) is 5.91 Å². The third-order valence-electron chi connectivity index (χ3n) is 3.31. The minimum Gasteiger partial charge on any atom is -0.406 e.